The average Bonchev–Trinajstić information content (AvgIpc) is 1.63. The summed E-state index contributed by atoms with van der Waals surface area (Å²) in [5.74, 6) is -1.46. The topological polar surface area (TPSA) is 314 Å². The van der Waals surface area contributed by atoms with Crippen LogP contribution in [0.2, 0.25) is 0 Å². The highest BCUT2D eigenvalue weighted by molar-refractivity contribution is 6.13. The quantitative estimate of drug-likeness (QED) is 0.0328. The van der Waals surface area contributed by atoms with Gasteiger partial charge in [0.1, 0.15) is 18.7 Å². The van der Waals surface area contributed by atoms with E-state index in [-0.39, 0.29) is 91.1 Å². The highest BCUT2D eigenvalue weighted by Crippen LogP contribution is 2.43. The second kappa shape index (κ2) is 33.5. The van der Waals surface area contributed by atoms with Crippen molar-refractivity contribution in [2.45, 2.75) is 170 Å². The summed E-state index contributed by atoms with van der Waals surface area (Å²) in [6.45, 7) is 20.6. The van der Waals surface area contributed by atoms with Crippen molar-refractivity contribution >= 4 is 76.6 Å². The lowest BCUT2D eigenvalue weighted by Crippen LogP contribution is -2.53. The van der Waals surface area contributed by atoms with E-state index >= 15 is 0 Å². The number of hydrogen-bond donors (Lipinski definition) is 6. The Morgan fingerprint density at radius 1 is 0.742 bits per heavy atom. The van der Waals surface area contributed by atoms with Crippen LogP contribution in [-0.2, 0) is 40.1 Å². The Kier molecular flexibility index (Phi) is 26.3. The van der Waals surface area contributed by atoms with Gasteiger partial charge < -0.3 is 65.0 Å². The van der Waals surface area contributed by atoms with Crippen molar-refractivity contribution < 1.29 is 77.0 Å². The number of amides is 9. The Hall–Kier alpha value is -9.10. The number of aliphatic hydroxyl groups is 2. The zero-order valence-corrected chi connectivity index (χ0v) is 55.6. The first-order valence-electron chi connectivity index (χ1n) is 31.6. The number of aliphatic imine (C=N–C) groups is 1. The molecule has 5 aliphatic rings. The molecule has 0 saturated carbocycles. The second-order valence-electron chi connectivity index (χ2n) is 24.3. The number of carbonyl (C=O) groups is 9. The SMILES string of the molecule is CC.CC(C)(CO)NC(=O)CCN1C(=O)C=CC1=O.CCC(C)CC(=O)NC(C(=O)NC(C)C(=O)Nc1ccc(COC(=O)N2c3cc(OCCCCCOc4cc5c(cc4OC)C(=O)N4C=C(C)CC4C=N5)c(OC)cc3C(=O)N3C=C(C)CC3[C@@H]2O)cc1)C(C)C. The molecule has 9 amide bonds. The van der Waals surface area contributed by atoms with Crippen molar-refractivity contribution in [3.05, 3.63) is 101 Å². The van der Waals surface area contributed by atoms with E-state index in [9.17, 15) is 48.3 Å². The van der Waals surface area contributed by atoms with E-state index in [4.69, 9.17) is 28.8 Å². The van der Waals surface area contributed by atoms with Crippen LogP contribution in [0, 0.1) is 11.8 Å². The van der Waals surface area contributed by atoms with Gasteiger partial charge in [-0.1, -0.05) is 71.2 Å². The number of unbranched alkanes of at least 4 members (excludes halogenated alkanes) is 2. The fourth-order valence-corrected chi connectivity index (χ4v) is 10.5. The van der Waals surface area contributed by atoms with E-state index in [1.165, 1.54) is 43.4 Å². The minimum absolute atomic E-state index is 0.0303. The zero-order chi connectivity index (χ0) is 68.4. The van der Waals surface area contributed by atoms with Crippen LogP contribution >= 0.6 is 0 Å². The van der Waals surface area contributed by atoms with Gasteiger partial charge in [-0.15, -0.1) is 0 Å². The molecule has 25 heteroatoms. The third kappa shape index (κ3) is 19.0. The maximum Gasteiger partial charge on any atom is 0.416 e. The second-order valence-corrected chi connectivity index (χ2v) is 24.3. The number of aliphatic hydroxyl groups excluding tert-OH is 2. The minimum Gasteiger partial charge on any atom is -0.493 e. The summed E-state index contributed by atoms with van der Waals surface area (Å²) in [4.78, 5) is 124. The number of anilines is 2. The monoisotopic (exact) mass is 1290 g/mol. The molecule has 5 aliphatic heterocycles. The number of methoxy groups -OCH3 is 2. The van der Waals surface area contributed by atoms with Gasteiger partial charge in [0, 0.05) is 68.0 Å². The number of rotatable bonds is 26. The Morgan fingerprint density at radius 2 is 1.33 bits per heavy atom. The van der Waals surface area contributed by atoms with Crippen LogP contribution in [0.3, 0.4) is 0 Å². The molecular weight excluding hydrogens is 1200 g/mol. The van der Waals surface area contributed by atoms with Crippen molar-refractivity contribution in [3.8, 4) is 23.0 Å². The highest BCUT2D eigenvalue weighted by Gasteiger charge is 2.45. The Morgan fingerprint density at radius 3 is 1.94 bits per heavy atom. The Balaban J connectivity index is 0.000000622. The van der Waals surface area contributed by atoms with Gasteiger partial charge in [-0.2, -0.15) is 0 Å². The summed E-state index contributed by atoms with van der Waals surface area (Å²) >= 11 is 0. The van der Waals surface area contributed by atoms with Crippen molar-refractivity contribution in [2.75, 3.05) is 50.8 Å². The van der Waals surface area contributed by atoms with E-state index in [0.717, 1.165) is 33.8 Å². The molecular formula is C68H91N9O16. The first-order chi connectivity index (χ1) is 44.3. The average molecular weight is 1290 g/mol. The number of imide groups is 1. The lowest BCUT2D eigenvalue weighted by Gasteiger charge is -2.31. The van der Waals surface area contributed by atoms with E-state index in [1.807, 2.05) is 61.6 Å². The number of hydrogen-bond acceptors (Lipinski definition) is 17. The van der Waals surface area contributed by atoms with Gasteiger partial charge in [-0.05, 0) is 108 Å². The van der Waals surface area contributed by atoms with Crippen LogP contribution < -0.4 is 45.1 Å². The van der Waals surface area contributed by atoms with Crippen molar-refractivity contribution in [1.29, 1.82) is 0 Å². The summed E-state index contributed by atoms with van der Waals surface area (Å²) in [5.41, 5.74) is 3.38. The molecule has 0 aliphatic carbocycles. The highest BCUT2D eigenvalue weighted by atomic mass is 16.6. The van der Waals surface area contributed by atoms with Gasteiger partial charge in [0.25, 0.3) is 23.6 Å². The van der Waals surface area contributed by atoms with Crippen LogP contribution in [-0.4, -0.2) is 161 Å². The molecule has 3 aromatic carbocycles. The largest absolute Gasteiger partial charge is 0.493 e. The fourth-order valence-electron chi connectivity index (χ4n) is 10.5. The van der Waals surface area contributed by atoms with Crippen LogP contribution in [0.15, 0.2) is 89.2 Å². The van der Waals surface area contributed by atoms with Crippen molar-refractivity contribution in [1.82, 2.24) is 30.7 Å². The first-order valence-corrected chi connectivity index (χ1v) is 31.6. The van der Waals surface area contributed by atoms with Gasteiger partial charge in [0.05, 0.1) is 74.2 Å². The van der Waals surface area contributed by atoms with Gasteiger partial charge in [0.15, 0.2) is 29.2 Å². The predicted octanol–water partition coefficient (Wildman–Crippen LogP) is 7.99. The molecule has 6 atom stereocenters. The Labute approximate surface area is 543 Å². The summed E-state index contributed by atoms with van der Waals surface area (Å²) in [7, 11) is 2.98. The number of ether oxygens (including phenoxy) is 5. The van der Waals surface area contributed by atoms with Gasteiger partial charge >= 0.3 is 6.09 Å². The van der Waals surface area contributed by atoms with Crippen LogP contribution in [0.4, 0.5) is 21.9 Å². The third-order valence-electron chi connectivity index (χ3n) is 15.9. The molecule has 93 heavy (non-hydrogen) atoms. The Bertz CT molecular complexity index is 3340. The first kappa shape index (κ1) is 73.0. The zero-order valence-electron chi connectivity index (χ0n) is 55.6. The van der Waals surface area contributed by atoms with Crippen LogP contribution in [0.25, 0.3) is 0 Å². The normalized spacial score (nSPS) is 17.9. The summed E-state index contributed by atoms with van der Waals surface area (Å²) < 4.78 is 29.4. The van der Waals surface area contributed by atoms with Crippen LogP contribution in [0.5, 0.6) is 23.0 Å². The maximum atomic E-state index is 14.1. The fraction of sp³-hybridized carbons (Fsp3) is 0.500. The van der Waals surface area contributed by atoms with Crippen molar-refractivity contribution in [2.24, 2.45) is 16.8 Å². The van der Waals surface area contributed by atoms with Crippen molar-refractivity contribution in [3.63, 3.8) is 0 Å². The van der Waals surface area contributed by atoms with E-state index in [1.54, 1.807) is 74.5 Å². The molecule has 0 bridgehead atoms. The standard InChI is InChI=1S/C55H69N7O12.C11H16N2O4.C2H6/c1-10-32(4)22-48(63)59-49(31(2)3)51(65)57-35(7)50(64)58-37-16-14-36(15-17-37)30-74-55(69)62-42-26-47(45(71-9)24-40(42)53(67)61-29-34(6)21-43(61)54(62)68)73-19-13-11-12-18-72-46-25-41-39(23-44(46)70-8)52(66)60-28-33(5)20-38(60)27-56-41;1-11(2,7-14)12-8(15)5-6-13-9(16)3-4-10(13)17;1-2/h14-17,23-29,31-32,35,38,43,49,54,68H,10-13,18-22,30H2,1-9H3,(H,57,65)(H,58,64)(H,59,63);3-4,14H,5-7H2,1-2H3,(H,12,15);1-2H3/t32?,35?,38?,43?,49?,54-;;/m0../s1. The number of fused-ring (bicyclic) bond motifs is 4. The number of carbonyl (C=O) groups excluding carboxylic acids is 9. The molecule has 0 saturated heterocycles. The number of nitrogens with one attached hydrogen (secondary N) is 4. The third-order valence-corrected chi connectivity index (χ3v) is 15.9. The molecule has 25 nitrogen and oxygen atoms in total. The lowest BCUT2D eigenvalue weighted by atomic mass is 10.0. The molecule has 0 fully saturated rings. The smallest absolute Gasteiger partial charge is 0.416 e. The molecule has 3 aromatic rings. The van der Waals surface area contributed by atoms with E-state index < -0.39 is 65.5 Å². The van der Waals surface area contributed by atoms with E-state index in [0.29, 0.717) is 72.7 Å². The van der Waals surface area contributed by atoms with Gasteiger partial charge in [0.2, 0.25) is 23.6 Å². The minimum atomic E-state index is -1.50. The predicted molar refractivity (Wildman–Crippen MR) is 349 cm³/mol. The van der Waals surface area contributed by atoms with Gasteiger partial charge in [-0.25, -0.2) is 9.69 Å². The molecule has 5 heterocycles. The molecule has 0 spiro atoms. The molecule has 8 rings (SSSR count). The lowest BCUT2D eigenvalue weighted by molar-refractivity contribution is -0.137. The molecule has 0 radical (unpaired) electrons. The molecule has 504 valence electrons. The van der Waals surface area contributed by atoms with Crippen LogP contribution in [0.1, 0.15) is 154 Å². The molecule has 0 aromatic heterocycles. The van der Waals surface area contributed by atoms with Gasteiger partial charge in [-0.3, -0.25) is 48.2 Å². The number of benzene rings is 3. The summed E-state index contributed by atoms with van der Waals surface area (Å²) in [6, 6.07) is 10.3. The number of nitrogens with zero attached hydrogens (tertiary/aromatic N) is 5. The summed E-state index contributed by atoms with van der Waals surface area (Å²) in [6.07, 6.45) is 9.47. The van der Waals surface area contributed by atoms with E-state index in [2.05, 4.69) is 26.3 Å². The summed E-state index contributed by atoms with van der Waals surface area (Å²) in [5, 5.41) is 31.7. The molecule has 6 N–H and O–H groups in total. The molecule has 5 unspecified atom stereocenters. The maximum absolute atomic E-state index is 14.1.